The van der Waals surface area contributed by atoms with Gasteiger partial charge >= 0.3 is 5.97 Å². The molecule has 2 aliphatic rings. The van der Waals surface area contributed by atoms with Crippen LogP contribution in [0, 0.1) is 11.8 Å². The van der Waals surface area contributed by atoms with Crippen LogP contribution in [-0.4, -0.2) is 12.1 Å². The van der Waals surface area contributed by atoms with Gasteiger partial charge in [0.15, 0.2) is 0 Å². The van der Waals surface area contributed by atoms with Crippen molar-refractivity contribution in [1.82, 2.24) is 0 Å². The van der Waals surface area contributed by atoms with Crippen molar-refractivity contribution in [2.45, 2.75) is 45.1 Å². The maximum Gasteiger partial charge on any atom is 0.309 e. The van der Waals surface area contributed by atoms with E-state index in [0.29, 0.717) is 5.92 Å². The predicted molar refractivity (Wildman–Crippen MR) is 45.6 cm³/mol. The zero-order chi connectivity index (χ0) is 8.55. The van der Waals surface area contributed by atoms with E-state index < -0.39 is 0 Å². The zero-order valence-corrected chi connectivity index (χ0v) is 7.58. The van der Waals surface area contributed by atoms with Gasteiger partial charge in [0.2, 0.25) is 0 Å². The van der Waals surface area contributed by atoms with Crippen LogP contribution in [-0.2, 0) is 9.53 Å². The monoisotopic (exact) mass is 168 g/mol. The highest BCUT2D eigenvalue weighted by molar-refractivity contribution is 5.73. The predicted octanol–water partition coefficient (Wildman–Crippen LogP) is 2.13. The van der Waals surface area contributed by atoms with Crippen LogP contribution in [0.2, 0.25) is 0 Å². The Morgan fingerprint density at radius 2 is 2.08 bits per heavy atom. The normalized spacial score (nSPS) is 41.8. The maximum atomic E-state index is 11.4. The number of cyclic esters (lactones) is 1. The minimum atomic E-state index is 0.0680. The van der Waals surface area contributed by atoms with E-state index in [9.17, 15) is 4.79 Å². The molecule has 0 aromatic carbocycles. The number of carbonyl (C=O) groups is 1. The Labute approximate surface area is 73.3 Å². The molecule has 0 aromatic rings. The molecular weight excluding hydrogens is 152 g/mol. The van der Waals surface area contributed by atoms with E-state index in [1.54, 1.807) is 0 Å². The van der Waals surface area contributed by atoms with Crippen molar-refractivity contribution in [1.29, 1.82) is 0 Å². The van der Waals surface area contributed by atoms with Gasteiger partial charge in [-0.2, -0.15) is 0 Å². The fraction of sp³-hybridized carbons (Fsp3) is 0.900. The van der Waals surface area contributed by atoms with Crippen molar-refractivity contribution in [3.63, 3.8) is 0 Å². The van der Waals surface area contributed by atoms with E-state index in [-0.39, 0.29) is 18.0 Å². The van der Waals surface area contributed by atoms with Gasteiger partial charge in [-0.25, -0.2) is 0 Å². The molecule has 0 N–H and O–H groups in total. The number of ether oxygens (including phenoxy) is 1. The summed E-state index contributed by atoms with van der Waals surface area (Å²) in [7, 11) is 0. The van der Waals surface area contributed by atoms with Crippen LogP contribution in [0.5, 0.6) is 0 Å². The molecule has 2 heteroatoms. The number of hydrogen-bond acceptors (Lipinski definition) is 2. The van der Waals surface area contributed by atoms with E-state index in [1.807, 2.05) is 6.92 Å². The van der Waals surface area contributed by atoms with E-state index in [4.69, 9.17) is 4.74 Å². The standard InChI is InChI=1S/C10H16O2/c1-7-6-8-4-2-3-5-9(8)10(11)12-7/h7-9H,2-6H2,1H3. The van der Waals surface area contributed by atoms with E-state index in [2.05, 4.69) is 0 Å². The highest BCUT2D eigenvalue weighted by Gasteiger charge is 2.37. The van der Waals surface area contributed by atoms with E-state index in [1.165, 1.54) is 19.3 Å². The smallest absolute Gasteiger partial charge is 0.309 e. The molecule has 2 rings (SSSR count). The minimum absolute atomic E-state index is 0.0680. The Morgan fingerprint density at radius 1 is 1.33 bits per heavy atom. The average molecular weight is 168 g/mol. The molecule has 2 fully saturated rings. The van der Waals surface area contributed by atoms with Gasteiger partial charge < -0.3 is 4.74 Å². The third-order valence-electron chi connectivity index (χ3n) is 3.16. The molecule has 1 aliphatic carbocycles. The molecule has 68 valence electrons. The summed E-state index contributed by atoms with van der Waals surface area (Å²) in [5.41, 5.74) is 0. The van der Waals surface area contributed by atoms with E-state index in [0.717, 1.165) is 12.8 Å². The van der Waals surface area contributed by atoms with Crippen LogP contribution in [0.15, 0.2) is 0 Å². The lowest BCUT2D eigenvalue weighted by Crippen LogP contribution is -2.38. The molecule has 3 atom stereocenters. The topological polar surface area (TPSA) is 26.3 Å². The lowest BCUT2D eigenvalue weighted by molar-refractivity contribution is -0.165. The highest BCUT2D eigenvalue weighted by Crippen LogP contribution is 2.37. The second-order valence-electron chi connectivity index (χ2n) is 4.13. The van der Waals surface area contributed by atoms with Crippen LogP contribution in [0.4, 0.5) is 0 Å². The zero-order valence-electron chi connectivity index (χ0n) is 7.58. The van der Waals surface area contributed by atoms with Gasteiger partial charge in [0.05, 0.1) is 12.0 Å². The summed E-state index contributed by atoms with van der Waals surface area (Å²) in [6.45, 7) is 2.00. The molecule has 0 bridgehead atoms. The first-order valence-corrected chi connectivity index (χ1v) is 4.98. The Bertz CT molecular complexity index is 188. The summed E-state index contributed by atoms with van der Waals surface area (Å²) in [4.78, 5) is 11.4. The van der Waals surface area contributed by atoms with Crippen molar-refractivity contribution in [3.05, 3.63) is 0 Å². The first-order valence-electron chi connectivity index (χ1n) is 4.98. The minimum Gasteiger partial charge on any atom is -0.462 e. The fourth-order valence-corrected chi connectivity index (χ4v) is 2.56. The molecule has 3 unspecified atom stereocenters. The molecule has 0 radical (unpaired) electrons. The van der Waals surface area contributed by atoms with Crippen LogP contribution in [0.1, 0.15) is 39.0 Å². The van der Waals surface area contributed by atoms with Gasteiger partial charge in [0, 0.05) is 0 Å². The second-order valence-corrected chi connectivity index (χ2v) is 4.13. The Hall–Kier alpha value is -0.530. The Kier molecular flexibility index (Phi) is 2.07. The van der Waals surface area contributed by atoms with Crippen LogP contribution < -0.4 is 0 Å². The summed E-state index contributed by atoms with van der Waals surface area (Å²) in [5, 5.41) is 0. The van der Waals surface area contributed by atoms with E-state index >= 15 is 0 Å². The first kappa shape index (κ1) is 8.09. The largest absolute Gasteiger partial charge is 0.462 e. The Balaban J connectivity index is 2.06. The van der Waals surface area contributed by atoms with Crippen LogP contribution >= 0.6 is 0 Å². The fourth-order valence-electron chi connectivity index (χ4n) is 2.56. The Morgan fingerprint density at radius 3 is 2.92 bits per heavy atom. The molecule has 1 saturated carbocycles. The SMILES string of the molecule is CC1CC2CCCCC2C(=O)O1. The summed E-state index contributed by atoms with van der Waals surface area (Å²) >= 11 is 0. The van der Waals surface area contributed by atoms with Crippen molar-refractivity contribution in [2.75, 3.05) is 0 Å². The van der Waals surface area contributed by atoms with Gasteiger partial charge in [-0.15, -0.1) is 0 Å². The average Bonchev–Trinajstić information content (AvgIpc) is 2.04. The highest BCUT2D eigenvalue weighted by atomic mass is 16.5. The molecule has 1 aliphatic heterocycles. The summed E-state index contributed by atoms with van der Waals surface area (Å²) in [6, 6.07) is 0. The number of carbonyl (C=O) groups excluding carboxylic acids is 1. The number of fused-ring (bicyclic) bond motifs is 1. The van der Waals surface area contributed by atoms with Gasteiger partial charge in [-0.05, 0) is 32.1 Å². The van der Waals surface area contributed by atoms with Gasteiger partial charge in [0.1, 0.15) is 0 Å². The summed E-state index contributed by atoms with van der Waals surface area (Å²) in [6.07, 6.45) is 6.08. The molecule has 0 spiro atoms. The van der Waals surface area contributed by atoms with Crippen molar-refractivity contribution in [2.24, 2.45) is 11.8 Å². The van der Waals surface area contributed by atoms with Crippen LogP contribution in [0.3, 0.4) is 0 Å². The molecular formula is C10H16O2. The van der Waals surface area contributed by atoms with Gasteiger partial charge in [-0.1, -0.05) is 12.8 Å². The molecule has 12 heavy (non-hydrogen) atoms. The maximum absolute atomic E-state index is 11.4. The molecule has 0 amide bonds. The first-order chi connectivity index (χ1) is 5.77. The third kappa shape index (κ3) is 1.35. The molecule has 2 nitrogen and oxygen atoms in total. The number of hydrogen-bond donors (Lipinski definition) is 0. The van der Waals surface area contributed by atoms with Crippen molar-refractivity contribution >= 4 is 5.97 Å². The second kappa shape index (κ2) is 3.08. The van der Waals surface area contributed by atoms with Gasteiger partial charge in [-0.3, -0.25) is 4.79 Å². The summed E-state index contributed by atoms with van der Waals surface area (Å²) in [5.74, 6) is 0.948. The molecule has 1 heterocycles. The lowest BCUT2D eigenvalue weighted by atomic mass is 9.75. The quantitative estimate of drug-likeness (QED) is 0.518. The van der Waals surface area contributed by atoms with Crippen LogP contribution in [0.25, 0.3) is 0 Å². The summed E-state index contributed by atoms with van der Waals surface area (Å²) < 4.78 is 5.22. The van der Waals surface area contributed by atoms with Crippen molar-refractivity contribution in [3.8, 4) is 0 Å². The number of esters is 1. The van der Waals surface area contributed by atoms with Gasteiger partial charge in [0.25, 0.3) is 0 Å². The molecule has 1 saturated heterocycles. The van der Waals surface area contributed by atoms with Crippen molar-refractivity contribution < 1.29 is 9.53 Å². The lowest BCUT2D eigenvalue weighted by Gasteiger charge is -2.36. The third-order valence-corrected chi connectivity index (χ3v) is 3.16. The molecule has 0 aromatic heterocycles. The number of rotatable bonds is 0.